The number of hydrogen-bond acceptors (Lipinski definition) is 7. The van der Waals surface area contributed by atoms with Crippen LogP contribution in [0, 0.1) is 0 Å². The Bertz CT molecular complexity index is 1290. The van der Waals surface area contributed by atoms with Gasteiger partial charge in [-0.05, 0) is 12.5 Å². The maximum absolute atomic E-state index is 13.5. The van der Waals surface area contributed by atoms with Gasteiger partial charge in [0.05, 0.1) is 17.0 Å². The van der Waals surface area contributed by atoms with E-state index in [4.69, 9.17) is 9.47 Å². The number of carbonyl (C=O) groups is 1. The van der Waals surface area contributed by atoms with Crippen molar-refractivity contribution in [2.24, 2.45) is 7.05 Å². The number of sulfonamides is 2. The molecule has 2 rings (SSSR count). The molecule has 0 spiro atoms. The molecule has 0 N–H and O–H groups in total. The molecular formula is C18H19F6N3O7S2+2. The summed E-state index contributed by atoms with van der Waals surface area (Å²) in [6.45, 7) is -0.130. The summed E-state index contributed by atoms with van der Waals surface area (Å²) in [7, 11) is -13.3. The monoisotopic (exact) mass is 567 g/mol. The van der Waals surface area contributed by atoms with Crippen molar-refractivity contribution in [3.63, 3.8) is 0 Å². The van der Waals surface area contributed by atoms with Gasteiger partial charge in [-0.2, -0.15) is 43.2 Å². The van der Waals surface area contributed by atoms with Crippen LogP contribution in [0.15, 0.2) is 49.1 Å². The van der Waals surface area contributed by atoms with Crippen LogP contribution in [0.5, 0.6) is 0 Å². The Morgan fingerprint density at radius 3 is 1.94 bits per heavy atom. The Morgan fingerprint density at radius 2 is 1.53 bits per heavy atom. The maximum atomic E-state index is 13.5. The van der Waals surface area contributed by atoms with Crippen molar-refractivity contribution >= 4 is 31.9 Å². The number of aromatic nitrogens is 2. The standard InChI is InChI=1S/C18H19F6N3O7S2/c1-3-33-16(28)14(26-10-9-25(2)12-26)15(34-11-13-7-5-4-6-8-13)27(35(29,30)17(19,20)21)36(31,32)18(22,23)24/h4-10,12,14H,3,11H2,1-2H3/q+2/t14-/m0/s1. The summed E-state index contributed by atoms with van der Waals surface area (Å²) in [4.78, 5) is 12.7. The predicted octanol–water partition coefficient (Wildman–Crippen LogP) is 1.74. The van der Waals surface area contributed by atoms with E-state index < -0.39 is 65.6 Å². The van der Waals surface area contributed by atoms with Gasteiger partial charge in [0, 0.05) is 0 Å². The Morgan fingerprint density at radius 1 is 1.00 bits per heavy atom. The third-order valence-corrected chi connectivity index (χ3v) is 7.84. The van der Waals surface area contributed by atoms with Crippen LogP contribution in [-0.4, -0.2) is 54.3 Å². The Hall–Kier alpha value is -3.15. The van der Waals surface area contributed by atoms with Crippen molar-refractivity contribution in [2.45, 2.75) is 30.6 Å². The molecule has 1 heterocycles. The number of esters is 1. The second-order valence-corrected chi connectivity index (χ2v) is 10.7. The van der Waals surface area contributed by atoms with Crippen LogP contribution in [0.1, 0.15) is 18.5 Å². The second-order valence-electron chi connectivity index (χ2n) is 6.89. The van der Waals surface area contributed by atoms with Gasteiger partial charge in [0.25, 0.3) is 0 Å². The van der Waals surface area contributed by atoms with Gasteiger partial charge in [0.2, 0.25) is 6.33 Å². The lowest BCUT2D eigenvalue weighted by atomic mass is 10.2. The SMILES string of the molecule is CCOC(=O)[C@H](C(OCc1ccccc1)=[N+](S(=O)(=O)C(F)(F)F)S(=O)(=O)C(F)(F)F)n1cc[n+](C)c1. The van der Waals surface area contributed by atoms with Gasteiger partial charge in [-0.25, -0.2) is 13.9 Å². The van der Waals surface area contributed by atoms with Crippen LogP contribution in [0.2, 0.25) is 0 Å². The molecule has 0 aliphatic heterocycles. The third kappa shape index (κ3) is 5.97. The normalized spacial score (nSPS) is 13.7. The summed E-state index contributed by atoms with van der Waals surface area (Å²) in [5.74, 6) is -3.63. The van der Waals surface area contributed by atoms with Crippen LogP contribution >= 0.6 is 0 Å². The largest absolute Gasteiger partial charge is 0.561 e. The molecule has 1 aromatic heterocycles. The summed E-state index contributed by atoms with van der Waals surface area (Å²) < 4.78 is 140. The quantitative estimate of drug-likeness (QED) is 0.157. The number of imidazole rings is 1. The highest BCUT2D eigenvalue weighted by molar-refractivity contribution is 7.98. The van der Waals surface area contributed by atoms with E-state index in [9.17, 15) is 48.0 Å². The van der Waals surface area contributed by atoms with E-state index in [1.807, 2.05) is 0 Å². The molecule has 0 unspecified atom stereocenters. The smallest absolute Gasteiger partial charge is 0.462 e. The number of halogens is 6. The first-order valence-corrected chi connectivity index (χ1v) is 12.5. The molecule has 18 heteroatoms. The molecule has 1 atom stereocenters. The van der Waals surface area contributed by atoms with Crippen LogP contribution in [0.4, 0.5) is 26.3 Å². The number of rotatable bonds is 8. The van der Waals surface area contributed by atoms with E-state index in [0.29, 0.717) is 4.57 Å². The van der Waals surface area contributed by atoms with Crippen LogP contribution < -0.4 is 4.57 Å². The molecule has 10 nitrogen and oxygen atoms in total. The molecule has 200 valence electrons. The highest BCUT2D eigenvalue weighted by Gasteiger charge is 2.70. The van der Waals surface area contributed by atoms with Crippen molar-refractivity contribution < 1.29 is 65.4 Å². The Kier molecular flexibility index (Phi) is 8.44. The fraction of sp³-hybridized carbons (Fsp3) is 0.389. The number of aryl methyl sites for hydroxylation is 1. The number of benzene rings is 1. The molecule has 0 saturated heterocycles. The zero-order valence-corrected chi connectivity index (χ0v) is 20.0. The number of carbonyl (C=O) groups excluding carboxylic acids is 1. The van der Waals surface area contributed by atoms with Gasteiger partial charge in [-0.15, -0.1) is 0 Å². The van der Waals surface area contributed by atoms with Gasteiger partial charge in [-0.3, -0.25) is 0 Å². The van der Waals surface area contributed by atoms with Gasteiger partial charge < -0.3 is 9.47 Å². The van der Waals surface area contributed by atoms with Crippen molar-refractivity contribution in [1.29, 1.82) is 0 Å². The Balaban J connectivity index is 3.05. The number of ether oxygens (including phenoxy) is 2. The first-order valence-electron chi connectivity index (χ1n) is 9.61. The van der Waals surface area contributed by atoms with Gasteiger partial charge in [-0.1, -0.05) is 30.3 Å². The average Bonchev–Trinajstić information content (AvgIpc) is 3.16. The van der Waals surface area contributed by atoms with E-state index in [2.05, 4.69) is 0 Å². The second kappa shape index (κ2) is 10.5. The molecule has 1 aromatic carbocycles. The summed E-state index contributed by atoms with van der Waals surface area (Å²) in [5.41, 5.74) is -13.0. The molecule has 0 bridgehead atoms. The topological polar surface area (TPSA) is 116 Å². The lowest BCUT2D eigenvalue weighted by molar-refractivity contribution is -0.671. The van der Waals surface area contributed by atoms with E-state index in [1.165, 1.54) is 55.1 Å². The van der Waals surface area contributed by atoms with Crippen molar-refractivity contribution in [3.05, 3.63) is 54.6 Å². The van der Waals surface area contributed by atoms with Gasteiger partial charge in [0.15, 0.2) is 0 Å². The number of alkyl halides is 6. The number of hydrogen-bond donors (Lipinski definition) is 0. The lowest BCUT2D eigenvalue weighted by Crippen LogP contribution is -2.49. The molecule has 0 aliphatic carbocycles. The summed E-state index contributed by atoms with van der Waals surface area (Å²) in [6, 6.07) is 4.38. The minimum atomic E-state index is -7.34. The predicted molar refractivity (Wildman–Crippen MR) is 108 cm³/mol. The molecule has 36 heavy (non-hydrogen) atoms. The molecule has 0 amide bonds. The van der Waals surface area contributed by atoms with Crippen molar-refractivity contribution in [2.75, 3.05) is 6.61 Å². The van der Waals surface area contributed by atoms with E-state index in [1.54, 1.807) is 0 Å². The van der Waals surface area contributed by atoms with Crippen LogP contribution in [-0.2, 0) is 48.0 Å². The molecule has 0 radical (unpaired) electrons. The highest BCUT2D eigenvalue weighted by atomic mass is 32.3. The van der Waals surface area contributed by atoms with Gasteiger partial charge in [0.1, 0.15) is 19.0 Å². The molecule has 0 aliphatic rings. The minimum absolute atomic E-state index is 0.0874. The molecule has 0 fully saturated rings. The fourth-order valence-corrected chi connectivity index (χ4v) is 5.41. The molecule has 2 aromatic rings. The zero-order valence-electron chi connectivity index (χ0n) is 18.4. The number of nitrogens with zero attached hydrogens (tertiary/aromatic N) is 3. The zero-order chi connectivity index (χ0) is 27.5. The van der Waals surface area contributed by atoms with Crippen LogP contribution in [0.25, 0.3) is 0 Å². The average molecular weight is 567 g/mol. The van der Waals surface area contributed by atoms with Gasteiger partial charge >= 0.3 is 49.0 Å². The maximum Gasteiger partial charge on any atom is 0.561 e. The van der Waals surface area contributed by atoms with E-state index in [-0.39, 0.29) is 5.56 Å². The summed E-state index contributed by atoms with van der Waals surface area (Å²) >= 11 is 0. The Labute approximate surface area is 201 Å². The first kappa shape index (κ1) is 29.1. The van der Waals surface area contributed by atoms with E-state index in [0.717, 1.165) is 12.5 Å². The highest BCUT2D eigenvalue weighted by Crippen LogP contribution is 2.34. The summed E-state index contributed by atoms with van der Waals surface area (Å²) in [6.07, 6.45) is 3.08. The molecule has 0 saturated carbocycles. The lowest BCUT2D eigenvalue weighted by Gasteiger charge is -2.16. The fourth-order valence-electron chi connectivity index (χ4n) is 2.71. The minimum Gasteiger partial charge on any atom is -0.462 e. The van der Waals surface area contributed by atoms with E-state index >= 15 is 0 Å². The van der Waals surface area contributed by atoms with Crippen molar-refractivity contribution in [1.82, 2.24) is 4.57 Å². The first-order chi connectivity index (χ1) is 16.4. The molecular weight excluding hydrogens is 548 g/mol. The third-order valence-electron chi connectivity index (χ3n) is 4.26. The van der Waals surface area contributed by atoms with Crippen molar-refractivity contribution in [3.8, 4) is 0 Å². The summed E-state index contributed by atoms with van der Waals surface area (Å²) in [5, 5.41) is 0. The van der Waals surface area contributed by atoms with Crippen LogP contribution in [0.3, 0.4) is 0 Å².